The highest BCUT2D eigenvalue weighted by atomic mass is 16.5. The summed E-state index contributed by atoms with van der Waals surface area (Å²) in [5.74, 6) is 1.20. The van der Waals surface area contributed by atoms with Crippen molar-refractivity contribution in [3.05, 3.63) is 29.8 Å². The van der Waals surface area contributed by atoms with Gasteiger partial charge in [0.25, 0.3) is 0 Å². The summed E-state index contributed by atoms with van der Waals surface area (Å²) in [6.07, 6.45) is 3.72. The van der Waals surface area contributed by atoms with E-state index in [-0.39, 0.29) is 5.91 Å². The molecule has 0 aliphatic carbocycles. The molecule has 1 aliphatic heterocycles. The third kappa shape index (κ3) is 2.66. The molecule has 0 unspecified atom stereocenters. The van der Waals surface area contributed by atoms with Gasteiger partial charge in [0, 0.05) is 19.0 Å². The van der Waals surface area contributed by atoms with Crippen molar-refractivity contribution < 1.29 is 9.53 Å². The molecular formula is C15H21NO2. The number of nitrogens with zero attached hydrogens (tertiary/aromatic N) is 1. The number of benzene rings is 1. The van der Waals surface area contributed by atoms with Crippen molar-refractivity contribution >= 4 is 5.91 Å². The van der Waals surface area contributed by atoms with Crippen molar-refractivity contribution in [1.29, 1.82) is 0 Å². The molecule has 1 aliphatic rings. The second-order valence-corrected chi connectivity index (χ2v) is 4.75. The van der Waals surface area contributed by atoms with E-state index in [1.165, 1.54) is 5.56 Å². The van der Waals surface area contributed by atoms with Crippen molar-refractivity contribution in [1.82, 2.24) is 4.90 Å². The van der Waals surface area contributed by atoms with Crippen molar-refractivity contribution in [3.63, 3.8) is 0 Å². The number of ether oxygens (including phenoxy) is 1. The Kier molecular flexibility index (Phi) is 4.24. The van der Waals surface area contributed by atoms with E-state index in [1.54, 1.807) is 7.11 Å². The fourth-order valence-electron chi connectivity index (χ4n) is 2.70. The van der Waals surface area contributed by atoms with Crippen LogP contribution in [0.3, 0.4) is 0 Å². The zero-order valence-electron chi connectivity index (χ0n) is 11.2. The van der Waals surface area contributed by atoms with E-state index in [2.05, 4.69) is 6.07 Å². The summed E-state index contributed by atoms with van der Waals surface area (Å²) in [5, 5.41) is 0. The van der Waals surface area contributed by atoms with Gasteiger partial charge < -0.3 is 9.64 Å². The van der Waals surface area contributed by atoms with Gasteiger partial charge in [-0.25, -0.2) is 0 Å². The van der Waals surface area contributed by atoms with Crippen LogP contribution < -0.4 is 4.74 Å². The summed E-state index contributed by atoms with van der Waals surface area (Å²) in [6, 6.07) is 8.42. The fraction of sp³-hybridized carbons (Fsp3) is 0.533. The monoisotopic (exact) mass is 247 g/mol. The first kappa shape index (κ1) is 12.9. The predicted molar refractivity (Wildman–Crippen MR) is 71.7 cm³/mol. The normalized spacial score (nSPS) is 19.0. The Bertz CT molecular complexity index is 417. The van der Waals surface area contributed by atoms with Crippen LogP contribution in [0.5, 0.6) is 5.75 Å². The number of rotatable bonds is 4. The number of likely N-dealkylation sites (tertiary alicyclic amines) is 1. The largest absolute Gasteiger partial charge is 0.496 e. The Labute approximate surface area is 109 Å². The molecule has 0 spiro atoms. The number of amides is 1. The van der Waals surface area contributed by atoms with Gasteiger partial charge in [0.1, 0.15) is 5.75 Å². The maximum absolute atomic E-state index is 11.9. The van der Waals surface area contributed by atoms with Crippen molar-refractivity contribution in [2.75, 3.05) is 13.7 Å². The van der Waals surface area contributed by atoms with E-state index < -0.39 is 0 Å². The minimum atomic E-state index is 0.271. The highest BCUT2D eigenvalue weighted by molar-refractivity contribution is 5.76. The standard InChI is InChI=1S/C15H21NO2/c1-3-15(17)16-10-6-8-13(16)11-12-7-4-5-9-14(12)18-2/h4-5,7,9,13H,3,6,8,10-11H2,1-2H3/t13-/m0/s1. The highest BCUT2D eigenvalue weighted by Gasteiger charge is 2.28. The third-order valence-electron chi connectivity index (χ3n) is 3.65. The zero-order valence-corrected chi connectivity index (χ0v) is 11.2. The van der Waals surface area contributed by atoms with Crippen LogP contribution in [-0.4, -0.2) is 30.5 Å². The molecule has 3 heteroatoms. The van der Waals surface area contributed by atoms with Crippen LogP contribution in [0.25, 0.3) is 0 Å². The van der Waals surface area contributed by atoms with Crippen LogP contribution in [0.1, 0.15) is 31.7 Å². The van der Waals surface area contributed by atoms with Crippen LogP contribution in [0.15, 0.2) is 24.3 Å². The molecule has 1 amide bonds. The lowest BCUT2D eigenvalue weighted by Gasteiger charge is -2.25. The number of para-hydroxylation sites is 1. The average Bonchev–Trinajstić information content (AvgIpc) is 2.86. The Morgan fingerprint density at radius 3 is 2.94 bits per heavy atom. The van der Waals surface area contributed by atoms with E-state index >= 15 is 0 Å². The lowest BCUT2D eigenvalue weighted by atomic mass is 10.0. The first-order valence-electron chi connectivity index (χ1n) is 6.67. The van der Waals surface area contributed by atoms with Crippen molar-refractivity contribution in [2.45, 2.75) is 38.6 Å². The molecule has 18 heavy (non-hydrogen) atoms. The van der Waals surface area contributed by atoms with Gasteiger partial charge in [0.15, 0.2) is 0 Å². The number of carbonyl (C=O) groups excluding carboxylic acids is 1. The fourth-order valence-corrected chi connectivity index (χ4v) is 2.70. The van der Waals surface area contributed by atoms with E-state index in [0.717, 1.165) is 31.6 Å². The predicted octanol–water partition coefficient (Wildman–Crippen LogP) is 2.64. The minimum absolute atomic E-state index is 0.271. The first-order chi connectivity index (χ1) is 8.76. The number of hydrogen-bond donors (Lipinski definition) is 0. The van der Waals surface area contributed by atoms with E-state index in [1.807, 2.05) is 30.0 Å². The van der Waals surface area contributed by atoms with Gasteiger partial charge in [-0.3, -0.25) is 4.79 Å². The molecule has 0 aromatic heterocycles. The number of methoxy groups -OCH3 is 1. The molecular weight excluding hydrogens is 226 g/mol. The van der Waals surface area contributed by atoms with Gasteiger partial charge in [0.2, 0.25) is 5.91 Å². The molecule has 0 bridgehead atoms. The smallest absolute Gasteiger partial charge is 0.222 e. The Morgan fingerprint density at radius 1 is 1.44 bits per heavy atom. The van der Waals surface area contributed by atoms with E-state index in [0.29, 0.717) is 12.5 Å². The molecule has 3 nitrogen and oxygen atoms in total. The molecule has 1 atom stereocenters. The summed E-state index contributed by atoms with van der Waals surface area (Å²) in [6.45, 7) is 2.84. The molecule has 0 saturated carbocycles. The first-order valence-corrected chi connectivity index (χ1v) is 6.67. The third-order valence-corrected chi connectivity index (χ3v) is 3.65. The van der Waals surface area contributed by atoms with Gasteiger partial charge in [0.05, 0.1) is 7.11 Å². The summed E-state index contributed by atoms with van der Waals surface area (Å²) in [5.41, 5.74) is 1.20. The zero-order chi connectivity index (χ0) is 13.0. The maximum atomic E-state index is 11.9. The second kappa shape index (κ2) is 5.89. The van der Waals surface area contributed by atoms with Gasteiger partial charge >= 0.3 is 0 Å². The summed E-state index contributed by atoms with van der Waals surface area (Å²) >= 11 is 0. The maximum Gasteiger partial charge on any atom is 0.222 e. The van der Waals surface area contributed by atoms with Crippen LogP contribution in [0.2, 0.25) is 0 Å². The summed E-state index contributed by atoms with van der Waals surface area (Å²) in [4.78, 5) is 13.9. The van der Waals surface area contributed by atoms with Crippen LogP contribution >= 0.6 is 0 Å². The Balaban J connectivity index is 2.10. The second-order valence-electron chi connectivity index (χ2n) is 4.75. The molecule has 1 aromatic rings. The van der Waals surface area contributed by atoms with Crippen LogP contribution in [0, 0.1) is 0 Å². The lowest BCUT2D eigenvalue weighted by Crippen LogP contribution is -2.36. The van der Waals surface area contributed by atoms with Gasteiger partial charge in [-0.15, -0.1) is 0 Å². The molecule has 1 heterocycles. The number of carbonyl (C=O) groups is 1. The molecule has 1 saturated heterocycles. The quantitative estimate of drug-likeness (QED) is 0.818. The van der Waals surface area contributed by atoms with E-state index in [9.17, 15) is 4.79 Å². The van der Waals surface area contributed by atoms with Crippen LogP contribution in [0.4, 0.5) is 0 Å². The topological polar surface area (TPSA) is 29.5 Å². The average molecular weight is 247 g/mol. The molecule has 0 N–H and O–H groups in total. The summed E-state index contributed by atoms with van der Waals surface area (Å²) < 4.78 is 5.37. The molecule has 1 fully saturated rings. The Morgan fingerprint density at radius 2 is 2.22 bits per heavy atom. The van der Waals surface area contributed by atoms with Crippen LogP contribution in [-0.2, 0) is 11.2 Å². The van der Waals surface area contributed by atoms with Gasteiger partial charge in [-0.2, -0.15) is 0 Å². The SMILES string of the molecule is CCC(=O)N1CCC[C@H]1Cc1ccccc1OC. The highest BCUT2D eigenvalue weighted by Crippen LogP contribution is 2.26. The summed E-state index contributed by atoms with van der Waals surface area (Å²) in [7, 11) is 1.70. The van der Waals surface area contributed by atoms with Crippen molar-refractivity contribution in [2.24, 2.45) is 0 Å². The minimum Gasteiger partial charge on any atom is -0.496 e. The lowest BCUT2D eigenvalue weighted by molar-refractivity contribution is -0.131. The molecule has 0 radical (unpaired) electrons. The van der Waals surface area contributed by atoms with E-state index in [4.69, 9.17) is 4.74 Å². The molecule has 1 aromatic carbocycles. The van der Waals surface area contributed by atoms with Crippen molar-refractivity contribution in [3.8, 4) is 5.75 Å². The Hall–Kier alpha value is -1.51. The number of hydrogen-bond acceptors (Lipinski definition) is 2. The van der Waals surface area contributed by atoms with Gasteiger partial charge in [-0.05, 0) is 30.9 Å². The molecule has 2 rings (SSSR count). The molecule has 98 valence electrons. The van der Waals surface area contributed by atoms with Gasteiger partial charge in [-0.1, -0.05) is 25.1 Å².